The van der Waals surface area contributed by atoms with Crippen molar-refractivity contribution in [1.29, 1.82) is 0 Å². The predicted molar refractivity (Wildman–Crippen MR) is 66.1 cm³/mol. The van der Waals surface area contributed by atoms with Crippen LogP contribution in [0.1, 0.15) is 6.92 Å². The van der Waals surface area contributed by atoms with Gasteiger partial charge in [0.15, 0.2) is 0 Å². The van der Waals surface area contributed by atoms with Gasteiger partial charge in [-0.2, -0.15) is 0 Å². The molecule has 2 aromatic carbocycles. The highest BCUT2D eigenvalue weighted by molar-refractivity contribution is 5.95. The Kier molecular flexibility index (Phi) is 1.91. The Morgan fingerprint density at radius 3 is 2.62 bits per heavy atom. The number of nitrogens with zero attached hydrogens (tertiary/aromatic N) is 2. The van der Waals surface area contributed by atoms with E-state index in [1.54, 1.807) is 6.33 Å². The van der Waals surface area contributed by atoms with Crippen molar-refractivity contribution < 1.29 is 0 Å². The van der Waals surface area contributed by atoms with Gasteiger partial charge in [-0.1, -0.05) is 30.2 Å². The monoisotopic (exact) mass is 206 g/mol. The molecule has 0 radical (unpaired) electrons. The van der Waals surface area contributed by atoms with E-state index >= 15 is 0 Å². The summed E-state index contributed by atoms with van der Waals surface area (Å²) in [6.45, 7) is 1.83. The summed E-state index contributed by atoms with van der Waals surface area (Å²) in [6.07, 6.45) is 1.76. The van der Waals surface area contributed by atoms with Crippen LogP contribution in [0.4, 0.5) is 0 Å². The summed E-state index contributed by atoms with van der Waals surface area (Å²) in [5.74, 6) is 2.88. The fourth-order valence-electron chi connectivity index (χ4n) is 1.90. The van der Waals surface area contributed by atoms with E-state index in [0.29, 0.717) is 0 Å². The molecular formula is C14H10N2. The zero-order valence-electron chi connectivity index (χ0n) is 8.94. The summed E-state index contributed by atoms with van der Waals surface area (Å²) in [5.41, 5.74) is 2.05. The smallest absolute Gasteiger partial charge is 0.108 e. The van der Waals surface area contributed by atoms with Crippen LogP contribution in [-0.4, -0.2) is 9.55 Å². The fourth-order valence-corrected chi connectivity index (χ4v) is 1.90. The predicted octanol–water partition coefficient (Wildman–Crippen LogP) is 3.02. The van der Waals surface area contributed by atoms with Crippen LogP contribution in [0, 0.1) is 12.0 Å². The van der Waals surface area contributed by atoms with Crippen LogP contribution < -0.4 is 0 Å². The van der Waals surface area contributed by atoms with Crippen molar-refractivity contribution in [1.82, 2.24) is 9.55 Å². The van der Waals surface area contributed by atoms with Crippen LogP contribution in [0.25, 0.3) is 21.8 Å². The molecule has 0 unspecified atom stereocenters. The second-order valence-electron chi connectivity index (χ2n) is 3.66. The molecule has 2 heteroatoms. The largest absolute Gasteiger partial charge is 0.257 e. The third-order valence-electron chi connectivity index (χ3n) is 2.65. The van der Waals surface area contributed by atoms with E-state index < -0.39 is 0 Å². The van der Waals surface area contributed by atoms with Gasteiger partial charge in [-0.25, -0.2) is 4.98 Å². The molecule has 0 aliphatic rings. The van der Waals surface area contributed by atoms with Gasteiger partial charge in [-0.15, -0.1) is 0 Å². The first kappa shape index (κ1) is 8.99. The van der Waals surface area contributed by atoms with Crippen molar-refractivity contribution in [2.45, 2.75) is 6.92 Å². The lowest BCUT2D eigenvalue weighted by molar-refractivity contribution is 1.15. The van der Waals surface area contributed by atoms with Crippen LogP contribution in [0.5, 0.6) is 0 Å². The van der Waals surface area contributed by atoms with Gasteiger partial charge in [-0.05, 0) is 29.8 Å². The third kappa shape index (κ3) is 1.26. The van der Waals surface area contributed by atoms with Gasteiger partial charge in [-0.3, -0.25) is 4.57 Å². The zero-order chi connectivity index (χ0) is 11.0. The minimum absolute atomic E-state index is 0.987. The molecule has 0 saturated heterocycles. The van der Waals surface area contributed by atoms with Crippen molar-refractivity contribution in [3.63, 3.8) is 0 Å². The van der Waals surface area contributed by atoms with E-state index in [4.69, 9.17) is 0 Å². The van der Waals surface area contributed by atoms with Crippen LogP contribution in [0.2, 0.25) is 0 Å². The van der Waals surface area contributed by atoms with E-state index in [-0.39, 0.29) is 0 Å². The zero-order valence-corrected chi connectivity index (χ0v) is 8.94. The molecule has 2 nitrogen and oxygen atoms in total. The Hall–Kier alpha value is -2.27. The standard InChI is InChI=1S/C14H10N2/c1-2-7-16-10-15-13-8-11-5-3-4-6-12(11)9-14(13)16/h3-6,8-10H,1H3. The quantitative estimate of drug-likeness (QED) is 0.517. The SMILES string of the molecule is CC#Cn1cnc2cc3ccccc3cc21. The lowest BCUT2D eigenvalue weighted by atomic mass is 10.1. The molecule has 0 aliphatic heterocycles. The molecule has 3 rings (SSSR count). The maximum absolute atomic E-state index is 4.35. The molecule has 0 fully saturated rings. The molecule has 16 heavy (non-hydrogen) atoms. The van der Waals surface area contributed by atoms with E-state index in [9.17, 15) is 0 Å². The Morgan fingerprint density at radius 2 is 1.88 bits per heavy atom. The number of imidazole rings is 1. The first-order chi connectivity index (χ1) is 7.88. The maximum atomic E-state index is 4.35. The second kappa shape index (κ2) is 3.39. The molecular weight excluding hydrogens is 196 g/mol. The van der Waals surface area contributed by atoms with E-state index in [0.717, 1.165) is 11.0 Å². The second-order valence-corrected chi connectivity index (χ2v) is 3.66. The Labute approximate surface area is 93.5 Å². The molecule has 3 aromatic rings. The number of benzene rings is 2. The minimum atomic E-state index is 0.987. The van der Waals surface area contributed by atoms with Crippen molar-refractivity contribution >= 4 is 21.8 Å². The highest BCUT2D eigenvalue weighted by atomic mass is 15.0. The first-order valence-electron chi connectivity index (χ1n) is 5.17. The molecule has 0 atom stereocenters. The number of fused-ring (bicyclic) bond motifs is 2. The number of rotatable bonds is 0. The van der Waals surface area contributed by atoms with Gasteiger partial charge in [0, 0.05) is 6.04 Å². The molecule has 0 aliphatic carbocycles. The molecule has 1 aromatic heterocycles. The normalized spacial score (nSPS) is 10.3. The summed E-state index contributed by atoms with van der Waals surface area (Å²) >= 11 is 0. The molecule has 0 spiro atoms. The maximum Gasteiger partial charge on any atom is 0.108 e. The molecule has 1 heterocycles. The summed E-state index contributed by atoms with van der Waals surface area (Å²) in [5, 5.41) is 2.43. The minimum Gasteiger partial charge on any atom is -0.257 e. The average molecular weight is 206 g/mol. The van der Waals surface area contributed by atoms with E-state index in [1.807, 2.05) is 23.6 Å². The van der Waals surface area contributed by atoms with Crippen LogP contribution in [0.15, 0.2) is 42.7 Å². The third-order valence-corrected chi connectivity index (χ3v) is 2.65. The van der Waals surface area contributed by atoms with Crippen LogP contribution >= 0.6 is 0 Å². The Balaban J connectivity index is 2.43. The molecule has 0 N–H and O–H groups in total. The summed E-state index contributed by atoms with van der Waals surface area (Å²) in [6, 6.07) is 15.5. The number of aromatic nitrogens is 2. The summed E-state index contributed by atoms with van der Waals surface area (Å²) in [7, 11) is 0. The summed E-state index contributed by atoms with van der Waals surface area (Å²) < 4.78 is 1.86. The topological polar surface area (TPSA) is 17.8 Å². The van der Waals surface area contributed by atoms with Crippen LogP contribution in [-0.2, 0) is 0 Å². The van der Waals surface area contributed by atoms with E-state index in [2.05, 4.69) is 41.2 Å². The van der Waals surface area contributed by atoms with Gasteiger partial charge in [0.1, 0.15) is 6.33 Å². The summed E-state index contributed by atoms with van der Waals surface area (Å²) in [4.78, 5) is 4.35. The number of hydrogen-bond acceptors (Lipinski definition) is 1. The molecule has 76 valence electrons. The fraction of sp³-hybridized carbons (Fsp3) is 0.0714. The van der Waals surface area contributed by atoms with Crippen molar-refractivity contribution in [2.75, 3.05) is 0 Å². The van der Waals surface area contributed by atoms with Gasteiger partial charge >= 0.3 is 0 Å². The van der Waals surface area contributed by atoms with Gasteiger partial charge in [0.25, 0.3) is 0 Å². The number of hydrogen-bond donors (Lipinski definition) is 0. The van der Waals surface area contributed by atoms with Crippen molar-refractivity contribution in [2.24, 2.45) is 0 Å². The Bertz CT molecular complexity index is 726. The van der Waals surface area contributed by atoms with Crippen molar-refractivity contribution in [3.05, 3.63) is 42.7 Å². The molecule has 0 saturated carbocycles. The van der Waals surface area contributed by atoms with Gasteiger partial charge in [0.05, 0.1) is 11.0 Å². The highest BCUT2D eigenvalue weighted by Crippen LogP contribution is 2.21. The average Bonchev–Trinajstić information content (AvgIpc) is 2.70. The van der Waals surface area contributed by atoms with Gasteiger partial charge in [0.2, 0.25) is 0 Å². The van der Waals surface area contributed by atoms with Crippen LogP contribution in [0.3, 0.4) is 0 Å². The highest BCUT2D eigenvalue weighted by Gasteiger charge is 2.02. The van der Waals surface area contributed by atoms with E-state index in [1.165, 1.54) is 10.8 Å². The lowest BCUT2D eigenvalue weighted by Crippen LogP contribution is -1.84. The van der Waals surface area contributed by atoms with Gasteiger partial charge < -0.3 is 0 Å². The Morgan fingerprint density at radius 1 is 1.12 bits per heavy atom. The molecule has 0 bridgehead atoms. The molecule has 0 amide bonds. The van der Waals surface area contributed by atoms with Crippen molar-refractivity contribution in [3.8, 4) is 12.0 Å². The lowest BCUT2D eigenvalue weighted by Gasteiger charge is -1.98. The first-order valence-corrected chi connectivity index (χ1v) is 5.17.